The largest absolute Gasteiger partial charge is 0.417 e. The molecule has 1 aromatic heterocycles. The van der Waals surface area contributed by atoms with Gasteiger partial charge in [0.2, 0.25) is 0 Å². The van der Waals surface area contributed by atoms with Gasteiger partial charge in [-0.2, -0.15) is 52.7 Å². The Balaban J connectivity index is 2.05. The van der Waals surface area contributed by atoms with E-state index in [-0.39, 0.29) is 24.3 Å². The van der Waals surface area contributed by atoms with Crippen molar-refractivity contribution in [1.82, 2.24) is 9.97 Å². The highest BCUT2D eigenvalue weighted by molar-refractivity contribution is 6.07. The fraction of sp³-hybridized carbons (Fsp3) is 0.143. The second-order valence-electron chi connectivity index (χ2n) is 9.40. The summed E-state index contributed by atoms with van der Waals surface area (Å²) in [5.74, 6) is 0. The molecule has 0 atom stereocenters. The molecule has 0 aliphatic heterocycles. The zero-order chi connectivity index (χ0) is 34.3. The standard InChI is InChI=1S/C28H4F12N6/c1-43-15(7-41)19-11-3-9(25(29,30)31)5-13(27(35,36)37)17(11)21-23(19)45-22-18-12(20(24(22)46-21)16(8-42)44-2)4-10(26(32,33)34)6-14(18)28(38,39)40/h3-6H/b19-15-,20-16+. The van der Waals surface area contributed by atoms with Crippen LogP contribution in [0, 0.1) is 35.8 Å². The molecule has 3 aromatic rings. The average Bonchev–Trinajstić information content (AvgIpc) is 3.43. The van der Waals surface area contributed by atoms with Crippen LogP contribution in [0.5, 0.6) is 0 Å². The van der Waals surface area contributed by atoms with Gasteiger partial charge in [0.15, 0.2) is 0 Å². The van der Waals surface area contributed by atoms with E-state index in [1.165, 1.54) is 12.1 Å². The number of hydrogen-bond acceptors (Lipinski definition) is 4. The zero-order valence-electron chi connectivity index (χ0n) is 21.5. The molecule has 0 amide bonds. The lowest BCUT2D eigenvalue weighted by atomic mass is 9.95. The van der Waals surface area contributed by atoms with Crippen LogP contribution in [0.4, 0.5) is 52.7 Å². The molecule has 1 heterocycles. The molecule has 0 N–H and O–H groups in total. The third kappa shape index (κ3) is 4.66. The summed E-state index contributed by atoms with van der Waals surface area (Å²) >= 11 is 0. The predicted octanol–water partition coefficient (Wildman–Crippen LogP) is 8.92. The van der Waals surface area contributed by atoms with Crippen LogP contribution in [-0.2, 0) is 24.7 Å². The van der Waals surface area contributed by atoms with E-state index in [0.29, 0.717) is 0 Å². The van der Waals surface area contributed by atoms with Gasteiger partial charge in [0.05, 0.1) is 70.3 Å². The molecule has 0 unspecified atom stereocenters. The van der Waals surface area contributed by atoms with Crippen molar-refractivity contribution in [1.29, 1.82) is 10.5 Å². The minimum absolute atomic E-state index is 0.151. The summed E-state index contributed by atoms with van der Waals surface area (Å²) in [6.45, 7) is 14.6. The van der Waals surface area contributed by atoms with Crippen LogP contribution >= 0.6 is 0 Å². The molecule has 0 spiro atoms. The number of benzene rings is 2. The summed E-state index contributed by atoms with van der Waals surface area (Å²) in [5, 5.41) is 19.1. The van der Waals surface area contributed by atoms with Gasteiger partial charge in [-0.3, -0.25) is 0 Å². The number of rotatable bonds is 0. The molecule has 2 aliphatic carbocycles. The van der Waals surface area contributed by atoms with Crippen LogP contribution in [-0.4, -0.2) is 9.97 Å². The van der Waals surface area contributed by atoms with Gasteiger partial charge < -0.3 is 0 Å². The van der Waals surface area contributed by atoms with E-state index >= 15 is 0 Å². The molecule has 2 aromatic carbocycles. The first-order chi connectivity index (χ1) is 21.2. The first-order valence-electron chi connectivity index (χ1n) is 11.8. The van der Waals surface area contributed by atoms with Gasteiger partial charge >= 0.3 is 24.7 Å². The number of fused-ring (bicyclic) bond motifs is 6. The van der Waals surface area contributed by atoms with Crippen molar-refractivity contribution in [2.75, 3.05) is 0 Å². The second-order valence-corrected chi connectivity index (χ2v) is 9.40. The molecule has 0 saturated carbocycles. The lowest BCUT2D eigenvalue weighted by Crippen LogP contribution is -2.13. The van der Waals surface area contributed by atoms with Crippen molar-refractivity contribution in [2.45, 2.75) is 24.7 Å². The average molecular weight is 652 g/mol. The summed E-state index contributed by atoms with van der Waals surface area (Å²) in [4.78, 5) is 13.4. The molecule has 46 heavy (non-hydrogen) atoms. The Hall–Kier alpha value is -5.88. The summed E-state index contributed by atoms with van der Waals surface area (Å²) in [6, 6.07) is 2.24. The molecule has 0 radical (unpaired) electrons. The van der Waals surface area contributed by atoms with E-state index in [1.807, 2.05) is 0 Å². The number of hydrogen-bond donors (Lipinski definition) is 0. The van der Waals surface area contributed by atoms with Gasteiger partial charge in [0.25, 0.3) is 11.4 Å². The molecule has 18 heteroatoms. The Morgan fingerprint density at radius 2 is 0.870 bits per heavy atom. The van der Waals surface area contributed by atoms with Crippen molar-refractivity contribution in [3.8, 4) is 34.7 Å². The fourth-order valence-corrected chi connectivity index (χ4v) is 5.10. The van der Waals surface area contributed by atoms with Crippen LogP contribution in [0.3, 0.4) is 0 Å². The Bertz CT molecular complexity index is 1950. The third-order valence-electron chi connectivity index (χ3n) is 6.83. The van der Waals surface area contributed by atoms with E-state index in [0.717, 1.165) is 0 Å². The van der Waals surface area contributed by atoms with Crippen LogP contribution in [0.2, 0.25) is 0 Å². The lowest BCUT2D eigenvalue weighted by Gasteiger charge is -2.16. The van der Waals surface area contributed by atoms with E-state index in [4.69, 9.17) is 13.1 Å². The van der Waals surface area contributed by atoms with E-state index in [2.05, 4.69) is 19.7 Å². The van der Waals surface area contributed by atoms with Gasteiger partial charge in [-0.25, -0.2) is 30.2 Å². The first kappa shape index (κ1) is 31.5. The number of alkyl halides is 12. The summed E-state index contributed by atoms with van der Waals surface area (Å²) < 4.78 is 168. The molecule has 5 rings (SSSR count). The minimum Gasteiger partial charge on any atom is -0.245 e. The Morgan fingerprint density at radius 1 is 0.543 bits per heavy atom. The van der Waals surface area contributed by atoms with Crippen molar-refractivity contribution < 1.29 is 52.7 Å². The van der Waals surface area contributed by atoms with Crippen LogP contribution in [0.15, 0.2) is 35.7 Å². The number of halogens is 12. The molecule has 2 aliphatic rings. The number of nitriles is 2. The molecule has 0 fully saturated rings. The maximum atomic E-state index is 14.3. The Kier molecular flexibility index (Phi) is 6.73. The summed E-state index contributed by atoms with van der Waals surface area (Å²) in [7, 11) is 0. The van der Waals surface area contributed by atoms with Crippen molar-refractivity contribution in [3.05, 3.63) is 103 Å². The highest BCUT2D eigenvalue weighted by atomic mass is 19.4. The molecule has 0 bridgehead atoms. The number of aromatic nitrogens is 2. The Labute approximate surface area is 247 Å². The van der Waals surface area contributed by atoms with Crippen LogP contribution in [0.1, 0.15) is 44.8 Å². The lowest BCUT2D eigenvalue weighted by molar-refractivity contribution is -0.144. The van der Waals surface area contributed by atoms with Gasteiger partial charge in [0, 0.05) is 22.3 Å². The molecular weight excluding hydrogens is 648 g/mol. The quantitative estimate of drug-likeness (QED) is 0.0951. The van der Waals surface area contributed by atoms with E-state index in [1.54, 1.807) is 0 Å². The number of allylic oxidation sites excluding steroid dienone is 2. The number of nitrogens with zero attached hydrogens (tertiary/aromatic N) is 6. The topological polar surface area (TPSA) is 82.1 Å². The summed E-state index contributed by atoms with van der Waals surface area (Å²) in [6.07, 6.45) is -22.0. The highest BCUT2D eigenvalue weighted by Gasteiger charge is 2.48. The van der Waals surface area contributed by atoms with Gasteiger partial charge in [-0.1, -0.05) is 0 Å². The van der Waals surface area contributed by atoms with Crippen LogP contribution < -0.4 is 0 Å². The molecular formula is C28H4F12N6. The van der Waals surface area contributed by atoms with Gasteiger partial charge in [0.1, 0.15) is 0 Å². The predicted molar refractivity (Wildman–Crippen MR) is 129 cm³/mol. The summed E-state index contributed by atoms with van der Waals surface area (Å²) in [5.41, 5.74) is -20.4. The smallest absolute Gasteiger partial charge is 0.245 e. The fourth-order valence-electron chi connectivity index (χ4n) is 5.10. The monoisotopic (exact) mass is 652 g/mol. The molecule has 0 saturated heterocycles. The normalized spacial score (nSPS) is 15.8. The minimum atomic E-state index is -5.58. The van der Waals surface area contributed by atoms with Crippen molar-refractivity contribution in [2.24, 2.45) is 0 Å². The zero-order valence-corrected chi connectivity index (χ0v) is 21.5. The molecule has 6 nitrogen and oxygen atoms in total. The Morgan fingerprint density at radius 3 is 1.11 bits per heavy atom. The first-order valence-corrected chi connectivity index (χ1v) is 11.8. The maximum Gasteiger partial charge on any atom is 0.417 e. The van der Waals surface area contributed by atoms with E-state index in [9.17, 15) is 63.2 Å². The SMILES string of the molecule is [C-]#[N+]/C(C#N)=C1/c2cc(C(F)(F)F)cc(C(F)(F)F)c2-c2nc3c(nc21)-c1c(cc(C(F)(F)F)cc1C(F)(F)F)/C3=C(/C#N)[N+]#[C-]. The maximum absolute atomic E-state index is 14.3. The molecule has 230 valence electrons. The third-order valence-corrected chi connectivity index (χ3v) is 6.83. The second kappa shape index (κ2) is 9.81. The van der Waals surface area contributed by atoms with Crippen molar-refractivity contribution >= 4 is 11.1 Å². The highest BCUT2D eigenvalue weighted by Crippen LogP contribution is 2.56. The van der Waals surface area contributed by atoms with Crippen LogP contribution in [0.25, 0.3) is 43.4 Å². The van der Waals surface area contributed by atoms with E-state index < -0.39 is 115 Å². The van der Waals surface area contributed by atoms with Crippen molar-refractivity contribution in [3.63, 3.8) is 0 Å². The van der Waals surface area contributed by atoms with Gasteiger partial charge in [-0.15, -0.1) is 0 Å². The van der Waals surface area contributed by atoms with Gasteiger partial charge in [-0.05, 0) is 35.4 Å².